The third kappa shape index (κ3) is 13.3. The summed E-state index contributed by atoms with van der Waals surface area (Å²) in [7, 11) is 0. The van der Waals surface area contributed by atoms with Crippen molar-refractivity contribution in [1.29, 1.82) is 0 Å². The molecule has 38 heavy (non-hydrogen) atoms. The van der Waals surface area contributed by atoms with Crippen LogP contribution in [0.4, 0.5) is 4.79 Å². The predicted octanol–water partition coefficient (Wildman–Crippen LogP) is 4.74. The number of alkyl carbamates (subject to hydrolysis) is 1. The van der Waals surface area contributed by atoms with E-state index in [9.17, 15) is 19.5 Å². The summed E-state index contributed by atoms with van der Waals surface area (Å²) in [6.07, 6.45) is 2.50. The van der Waals surface area contributed by atoms with Gasteiger partial charge in [0.05, 0.1) is 18.1 Å². The maximum atomic E-state index is 13.2. The van der Waals surface area contributed by atoms with Crippen molar-refractivity contribution in [3.8, 4) is 0 Å². The molecular weight excluding hydrogens is 482 g/mol. The van der Waals surface area contributed by atoms with E-state index < -0.39 is 35.2 Å². The lowest BCUT2D eigenvalue weighted by Gasteiger charge is -2.31. The molecule has 0 bridgehead atoms. The van der Waals surface area contributed by atoms with Gasteiger partial charge in [-0.15, -0.1) is 0 Å². The van der Waals surface area contributed by atoms with Gasteiger partial charge in [-0.25, -0.2) is 4.79 Å². The van der Waals surface area contributed by atoms with E-state index in [2.05, 4.69) is 29.8 Å². The van der Waals surface area contributed by atoms with Crippen molar-refractivity contribution in [3.05, 3.63) is 35.9 Å². The maximum absolute atomic E-state index is 13.2. The average molecular weight is 534 g/mol. The lowest BCUT2D eigenvalue weighted by atomic mass is 9.77. The first-order valence-corrected chi connectivity index (χ1v) is 13.9. The molecule has 8 nitrogen and oxygen atoms in total. The molecule has 1 aromatic rings. The molecule has 0 fully saturated rings. The van der Waals surface area contributed by atoms with Gasteiger partial charge in [0, 0.05) is 19.0 Å². The Balaban J connectivity index is 2.90. The third-order valence-corrected chi connectivity index (χ3v) is 6.34. The number of carbonyl (C=O) groups is 3. The zero-order valence-electron chi connectivity index (χ0n) is 24.7. The van der Waals surface area contributed by atoms with E-state index in [1.807, 2.05) is 51.1 Å². The Morgan fingerprint density at radius 2 is 1.50 bits per heavy atom. The highest BCUT2D eigenvalue weighted by Crippen LogP contribution is 2.29. The van der Waals surface area contributed by atoms with Crippen LogP contribution in [0, 0.1) is 11.3 Å². The van der Waals surface area contributed by atoms with Gasteiger partial charge in [-0.1, -0.05) is 77.8 Å². The van der Waals surface area contributed by atoms with Crippen LogP contribution < -0.4 is 16.0 Å². The summed E-state index contributed by atoms with van der Waals surface area (Å²) in [5.41, 5.74) is -0.221. The Bertz CT molecular complexity index is 855. The van der Waals surface area contributed by atoms with Crippen molar-refractivity contribution in [1.82, 2.24) is 16.0 Å². The van der Waals surface area contributed by atoms with Crippen molar-refractivity contribution >= 4 is 17.9 Å². The lowest BCUT2D eigenvalue weighted by Crippen LogP contribution is -2.52. The van der Waals surface area contributed by atoms with Gasteiger partial charge in [-0.3, -0.25) is 9.59 Å². The first-order valence-electron chi connectivity index (χ1n) is 13.9. The van der Waals surface area contributed by atoms with Gasteiger partial charge in [-0.05, 0) is 51.0 Å². The zero-order valence-corrected chi connectivity index (χ0v) is 24.7. The summed E-state index contributed by atoms with van der Waals surface area (Å²) >= 11 is 0. The summed E-state index contributed by atoms with van der Waals surface area (Å²) in [5.74, 6) is -1.02. The summed E-state index contributed by atoms with van der Waals surface area (Å²) in [5, 5.41) is 19.7. The van der Waals surface area contributed by atoms with Crippen molar-refractivity contribution in [2.75, 3.05) is 6.54 Å². The van der Waals surface area contributed by atoms with Crippen molar-refractivity contribution in [2.24, 2.45) is 11.3 Å². The van der Waals surface area contributed by atoms with Crippen LogP contribution in [-0.2, 0) is 20.7 Å². The quantitative estimate of drug-likeness (QED) is 0.276. The molecule has 0 unspecified atom stereocenters. The fourth-order valence-electron chi connectivity index (χ4n) is 4.33. The molecule has 0 aliphatic rings. The monoisotopic (exact) mass is 533 g/mol. The number of hydrogen-bond donors (Lipinski definition) is 4. The molecule has 4 N–H and O–H groups in total. The third-order valence-electron chi connectivity index (χ3n) is 6.34. The minimum atomic E-state index is -1.07. The molecule has 0 saturated heterocycles. The topological polar surface area (TPSA) is 117 Å². The second-order valence-corrected chi connectivity index (χ2v) is 12.2. The molecule has 8 heteroatoms. The average Bonchev–Trinajstić information content (AvgIpc) is 2.79. The van der Waals surface area contributed by atoms with Gasteiger partial charge in [0.15, 0.2) is 0 Å². The predicted molar refractivity (Wildman–Crippen MR) is 152 cm³/mol. The highest BCUT2D eigenvalue weighted by atomic mass is 16.6. The smallest absolute Gasteiger partial charge is 0.407 e. The molecule has 3 atom stereocenters. The van der Waals surface area contributed by atoms with Crippen LogP contribution in [0.25, 0.3) is 0 Å². The molecule has 0 aliphatic heterocycles. The van der Waals surface area contributed by atoms with E-state index in [1.165, 1.54) is 0 Å². The molecule has 0 spiro atoms. The largest absolute Gasteiger partial charge is 0.444 e. The van der Waals surface area contributed by atoms with Gasteiger partial charge in [0.1, 0.15) is 5.60 Å². The van der Waals surface area contributed by atoms with Crippen LogP contribution in [0.3, 0.4) is 0 Å². The zero-order chi connectivity index (χ0) is 28.9. The Morgan fingerprint density at radius 1 is 0.921 bits per heavy atom. The number of aliphatic hydroxyl groups is 1. The fourth-order valence-corrected chi connectivity index (χ4v) is 4.33. The van der Waals surface area contributed by atoms with Crippen LogP contribution in [0.1, 0.15) is 93.1 Å². The molecule has 0 aliphatic carbocycles. The molecule has 216 valence electrons. The van der Waals surface area contributed by atoms with Gasteiger partial charge >= 0.3 is 6.09 Å². The lowest BCUT2D eigenvalue weighted by molar-refractivity contribution is -0.134. The summed E-state index contributed by atoms with van der Waals surface area (Å²) < 4.78 is 5.38. The highest BCUT2D eigenvalue weighted by Gasteiger charge is 2.34. The first kappa shape index (κ1) is 33.4. The van der Waals surface area contributed by atoms with E-state index in [4.69, 9.17) is 4.74 Å². The molecular formula is C30H51N3O5. The minimum absolute atomic E-state index is 0.0684. The molecule has 0 saturated carbocycles. The number of amides is 3. The minimum Gasteiger partial charge on any atom is -0.444 e. The number of carbonyl (C=O) groups excluding carboxylic acids is 3. The molecule has 1 aromatic carbocycles. The molecule has 0 radical (unpaired) electrons. The van der Waals surface area contributed by atoms with Crippen LogP contribution in [0.15, 0.2) is 30.3 Å². The van der Waals surface area contributed by atoms with Crippen LogP contribution in [-0.4, -0.2) is 53.3 Å². The normalized spacial score (nSPS) is 14.4. The number of rotatable bonds is 14. The number of hydrogen-bond acceptors (Lipinski definition) is 5. The highest BCUT2D eigenvalue weighted by molar-refractivity contribution is 5.86. The van der Waals surface area contributed by atoms with E-state index in [0.717, 1.165) is 31.2 Å². The Labute approximate surface area is 229 Å². The number of ether oxygens (including phenoxy) is 1. The summed E-state index contributed by atoms with van der Waals surface area (Å²) in [6, 6.07) is 8.92. The Morgan fingerprint density at radius 3 is 2.00 bits per heavy atom. The number of benzene rings is 1. The van der Waals surface area contributed by atoms with Gasteiger partial charge < -0.3 is 25.8 Å². The van der Waals surface area contributed by atoms with Gasteiger partial charge in [-0.2, -0.15) is 0 Å². The maximum Gasteiger partial charge on any atom is 0.407 e. The van der Waals surface area contributed by atoms with E-state index in [-0.39, 0.29) is 30.8 Å². The summed E-state index contributed by atoms with van der Waals surface area (Å²) in [4.78, 5) is 38.6. The van der Waals surface area contributed by atoms with Crippen molar-refractivity contribution < 1.29 is 24.2 Å². The SMILES string of the molecule is CCCC(CCC)NC(=O)C[C@@H](C(=O)NC[C@@H](O)[C@H](Cc1ccccc1)NC(=O)OC(C)(C)C)C(C)(C)C. The van der Waals surface area contributed by atoms with Crippen molar-refractivity contribution in [2.45, 2.75) is 118 Å². The molecule has 3 amide bonds. The standard InChI is InChI=1S/C30H51N3O5/c1-9-14-22(15-10-2)32-26(35)19-23(29(3,4)5)27(36)31-20-25(34)24(18-21-16-12-11-13-17-21)33-28(37)38-30(6,7)8/h11-13,16-17,22-25,34H,9-10,14-15,18-20H2,1-8H3,(H,31,36)(H,32,35)(H,33,37)/t23-,24-,25+/m0/s1. The second-order valence-electron chi connectivity index (χ2n) is 12.2. The second kappa shape index (κ2) is 15.7. The fraction of sp³-hybridized carbons (Fsp3) is 0.700. The molecule has 0 heterocycles. The summed E-state index contributed by atoms with van der Waals surface area (Å²) in [6.45, 7) is 15.2. The van der Waals surface area contributed by atoms with Gasteiger partial charge in [0.25, 0.3) is 0 Å². The Kier molecular flexibility index (Phi) is 13.8. The van der Waals surface area contributed by atoms with Crippen LogP contribution in [0.5, 0.6) is 0 Å². The van der Waals surface area contributed by atoms with Crippen LogP contribution in [0.2, 0.25) is 0 Å². The Hall–Kier alpha value is -2.61. The first-order chi connectivity index (χ1) is 17.7. The van der Waals surface area contributed by atoms with Gasteiger partial charge in [0.2, 0.25) is 11.8 Å². The number of aliphatic hydroxyl groups excluding tert-OH is 1. The molecule has 1 rings (SSSR count). The molecule has 0 aromatic heterocycles. The van der Waals surface area contributed by atoms with Crippen molar-refractivity contribution in [3.63, 3.8) is 0 Å². The van der Waals surface area contributed by atoms with E-state index in [1.54, 1.807) is 20.8 Å². The van der Waals surface area contributed by atoms with Crippen LogP contribution >= 0.6 is 0 Å². The van der Waals surface area contributed by atoms with E-state index >= 15 is 0 Å². The van der Waals surface area contributed by atoms with E-state index in [0.29, 0.717) is 6.42 Å². The number of nitrogens with one attached hydrogen (secondary N) is 3.